The molecule has 1 saturated heterocycles. The maximum absolute atomic E-state index is 5.87. The van der Waals surface area contributed by atoms with Crippen LogP contribution in [0.5, 0.6) is 0 Å². The maximum atomic E-state index is 5.87. The van der Waals surface area contributed by atoms with E-state index in [1.54, 1.807) is 0 Å². The predicted molar refractivity (Wildman–Crippen MR) is 64.5 cm³/mol. The molecule has 0 spiro atoms. The highest BCUT2D eigenvalue weighted by Gasteiger charge is 2.20. The first-order valence-corrected chi connectivity index (χ1v) is 6.13. The Labute approximate surface area is 96.4 Å². The van der Waals surface area contributed by atoms with Crippen LogP contribution in [0.1, 0.15) is 44.9 Å². The normalized spacial score (nSPS) is 20.1. The molecular weight excluding hydrogens is 202 g/mol. The Morgan fingerprint density at radius 2 is 2.19 bits per heavy atom. The van der Waals surface area contributed by atoms with Gasteiger partial charge < -0.3 is 10.6 Å². The number of anilines is 1. The van der Waals surface area contributed by atoms with Crippen molar-refractivity contribution in [1.29, 1.82) is 0 Å². The SMILES string of the molecule is CCC(C)c1nc(N2CCC(N)CC2)n[nH]1. The molecule has 1 fully saturated rings. The maximum Gasteiger partial charge on any atom is 0.244 e. The van der Waals surface area contributed by atoms with Crippen molar-refractivity contribution in [2.45, 2.75) is 45.1 Å². The zero-order valence-corrected chi connectivity index (χ0v) is 10.1. The Balaban J connectivity index is 2.01. The summed E-state index contributed by atoms with van der Waals surface area (Å²) in [6.45, 7) is 6.26. The smallest absolute Gasteiger partial charge is 0.244 e. The molecule has 2 rings (SSSR count). The lowest BCUT2D eigenvalue weighted by atomic mass is 10.1. The van der Waals surface area contributed by atoms with Crippen molar-refractivity contribution in [3.05, 3.63) is 5.82 Å². The third-order valence-electron chi connectivity index (χ3n) is 3.39. The van der Waals surface area contributed by atoms with E-state index in [9.17, 15) is 0 Å². The number of nitrogens with two attached hydrogens (primary N) is 1. The van der Waals surface area contributed by atoms with Gasteiger partial charge in [0.2, 0.25) is 5.95 Å². The van der Waals surface area contributed by atoms with Gasteiger partial charge in [0.1, 0.15) is 5.82 Å². The van der Waals surface area contributed by atoms with Crippen LogP contribution in [0.25, 0.3) is 0 Å². The molecule has 3 N–H and O–H groups in total. The van der Waals surface area contributed by atoms with Crippen LogP contribution in [0, 0.1) is 0 Å². The zero-order chi connectivity index (χ0) is 11.5. The van der Waals surface area contributed by atoms with Gasteiger partial charge in [-0.05, 0) is 19.3 Å². The number of hydrogen-bond donors (Lipinski definition) is 2. The summed E-state index contributed by atoms with van der Waals surface area (Å²) in [4.78, 5) is 6.76. The van der Waals surface area contributed by atoms with Gasteiger partial charge in [0.15, 0.2) is 0 Å². The van der Waals surface area contributed by atoms with Crippen LogP contribution in [-0.4, -0.2) is 34.3 Å². The molecule has 16 heavy (non-hydrogen) atoms. The molecule has 0 radical (unpaired) electrons. The fourth-order valence-corrected chi connectivity index (χ4v) is 1.92. The number of aromatic amines is 1. The van der Waals surface area contributed by atoms with E-state index in [0.29, 0.717) is 12.0 Å². The van der Waals surface area contributed by atoms with Crippen LogP contribution in [0.4, 0.5) is 5.95 Å². The molecule has 90 valence electrons. The Kier molecular flexibility index (Phi) is 3.43. The highest BCUT2D eigenvalue weighted by atomic mass is 15.4. The minimum absolute atomic E-state index is 0.351. The fourth-order valence-electron chi connectivity index (χ4n) is 1.92. The fraction of sp³-hybridized carbons (Fsp3) is 0.818. The second-order valence-corrected chi connectivity index (χ2v) is 4.65. The van der Waals surface area contributed by atoms with Gasteiger partial charge >= 0.3 is 0 Å². The Hall–Kier alpha value is -1.10. The van der Waals surface area contributed by atoms with E-state index in [0.717, 1.165) is 44.1 Å². The lowest BCUT2D eigenvalue weighted by Gasteiger charge is -2.28. The van der Waals surface area contributed by atoms with E-state index in [-0.39, 0.29) is 0 Å². The van der Waals surface area contributed by atoms with Gasteiger partial charge in [0.05, 0.1) is 0 Å². The van der Waals surface area contributed by atoms with E-state index in [4.69, 9.17) is 5.73 Å². The number of aromatic nitrogens is 3. The number of nitrogens with one attached hydrogen (secondary N) is 1. The van der Waals surface area contributed by atoms with Crippen molar-refractivity contribution in [2.75, 3.05) is 18.0 Å². The molecule has 1 unspecified atom stereocenters. The molecule has 1 aliphatic rings. The average molecular weight is 223 g/mol. The van der Waals surface area contributed by atoms with E-state index >= 15 is 0 Å². The van der Waals surface area contributed by atoms with E-state index in [1.165, 1.54) is 0 Å². The minimum atomic E-state index is 0.351. The Morgan fingerprint density at radius 1 is 1.50 bits per heavy atom. The van der Waals surface area contributed by atoms with Crippen molar-refractivity contribution in [3.8, 4) is 0 Å². The highest BCUT2D eigenvalue weighted by molar-refractivity contribution is 5.29. The zero-order valence-electron chi connectivity index (χ0n) is 10.1. The summed E-state index contributed by atoms with van der Waals surface area (Å²) in [5.41, 5.74) is 5.87. The number of H-pyrrole nitrogens is 1. The van der Waals surface area contributed by atoms with Crippen LogP contribution in [-0.2, 0) is 0 Å². The Bertz CT molecular complexity index is 327. The van der Waals surface area contributed by atoms with E-state index in [1.807, 2.05) is 0 Å². The van der Waals surface area contributed by atoms with Gasteiger partial charge in [-0.3, -0.25) is 5.10 Å². The molecule has 1 atom stereocenters. The standard InChI is InChI=1S/C11H21N5/c1-3-8(2)10-13-11(15-14-10)16-6-4-9(12)5-7-16/h8-9H,3-7,12H2,1-2H3,(H,13,14,15). The third kappa shape index (κ3) is 2.35. The summed E-state index contributed by atoms with van der Waals surface area (Å²) < 4.78 is 0. The molecule has 0 amide bonds. The number of piperidine rings is 1. The molecule has 0 bridgehead atoms. The molecule has 0 aromatic carbocycles. The average Bonchev–Trinajstić information content (AvgIpc) is 2.78. The predicted octanol–water partition coefficient (Wildman–Crippen LogP) is 1.25. The van der Waals surface area contributed by atoms with Crippen LogP contribution < -0.4 is 10.6 Å². The van der Waals surface area contributed by atoms with Gasteiger partial charge in [-0.15, -0.1) is 5.10 Å². The molecule has 5 nitrogen and oxygen atoms in total. The van der Waals surface area contributed by atoms with Crippen LogP contribution in [0.15, 0.2) is 0 Å². The van der Waals surface area contributed by atoms with Crippen LogP contribution in [0.2, 0.25) is 0 Å². The van der Waals surface area contributed by atoms with E-state index < -0.39 is 0 Å². The molecule has 2 heterocycles. The van der Waals surface area contributed by atoms with Crippen LogP contribution >= 0.6 is 0 Å². The van der Waals surface area contributed by atoms with Gasteiger partial charge in [-0.2, -0.15) is 4.98 Å². The van der Waals surface area contributed by atoms with Crippen molar-refractivity contribution in [1.82, 2.24) is 15.2 Å². The number of hydrogen-bond acceptors (Lipinski definition) is 4. The molecule has 0 saturated carbocycles. The number of rotatable bonds is 3. The van der Waals surface area contributed by atoms with E-state index in [2.05, 4.69) is 33.9 Å². The summed E-state index contributed by atoms with van der Waals surface area (Å²) in [6, 6.07) is 0.351. The van der Waals surface area contributed by atoms with Crippen molar-refractivity contribution in [3.63, 3.8) is 0 Å². The second kappa shape index (κ2) is 4.82. The Morgan fingerprint density at radius 3 is 2.81 bits per heavy atom. The molecule has 1 aromatic rings. The van der Waals surface area contributed by atoms with Crippen LogP contribution in [0.3, 0.4) is 0 Å². The van der Waals surface area contributed by atoms with Gasteiger partial charge in [0.25, 0.3) is 0 Å². The van der Waals surface area contributed by atoms with Gasteiger partial charge in [-0.1, -0.05) is 13.8 Å². The van der Waals surface area contributed by atoms with Crippen molar-refractivity contribution in [2.24, 2.45) is 5.73 Å². The molecule has 1 aliphatic heterocycles. The molecule has 1 aromatic heterocycles. The first-order valence-electron chi connectivity index (χ1n) is 6.13. The van der Waals surface area contributed by atoms with Crippen molar-refractivity contribution < 1.29 is 0 Å². The summed E-state index contributed by atoms with van der Waals surface area (Å²) in [6.07, 6.45) is 3.15. The first kappa shape index (κ1) is 11.4. The largest absolute Gasteiger partial charge is 0.339 e. The molecular formula is C11H21N5. The first-order chi connectivity index (χ1) is 7.70. The topological polar surface area (TPSA) is 70.8 Å². The van der Waals surface area contributed by atoms with Crippen molar-refractivity contribution >= 4 is 5.95 Å². The summed E-state index contributed by atoms with van der Waals surface area (Å²) in [5, 5.41) is 7.31. The van der Waals surface area contributed by atoms with Gasteiger partial charge in [-0.25, -0.2) is 0 Å². The van der Waals surface area contributed by atoms with Gasteiger partial charge in [0, 0.05) is 25.0 Å². The third-order valence-corrected chi connectivity index (χ3v) is 3.39. The lowest BCUT2D eigenvalue weighted by Crippen LogP contribution is -2.40. The minimum Gasteiger partial charge on any atom is -0.339 e. The second-order valence-electron chi connectivity index (χ2n) is 4.65. The lowest BCUT2D eigenvalue weighted by molar-refractivity contribution is 0.496. The number of nitrogens with zero attached hydrogens (tertiary/aromatic N) is 3. The molecule has 5 heteroatoms. The quantitative estimate of drug-likeness (QED) is 0.809. The summed E-state index contributed by atoms with van der Waals surface area (Å²) in [7, 11) is 0. The highest BCUT2D eigenvalue weighted by Crippen LogP contribution is 2.19. The monoisotopic (exact) mass is 223 g/mol. The molecule has 0 aliphatic carbocycles. The summed E-state index contributed by atoms with van der Waals surface area (Å²) >= 11 is 0. The summed E-state index contributed by atoms with van der Waals surface area (Å²) in [5.74, 6) is 2.28.